The number of amidine groups is 1. The molecule has 0 heterocycles. The maximum absolute atomic E-state index is 4.81. The van der Waals surface area contributed by atoms with Crippen molar-refractivity contribution in [1.82, 2.24) is 10.2 Å². The summed E-state index contributed by atoms with van der Waals surface area (Å²) >= 11 is 0. The minimum absolute atomic E-state index is 0.732. The Balaban J connectivity index is 0.000000615. The fourth-order valence-corrected chi connectivity index (χ4v) is 4.00. The summed E-state index contributed by atoms with van der Waals surface area (Å²) in [7, 11) is 2.26. The van der Waals surface area contributed by atoms with Gasteiger partial charge < -0.3 is 10.2 Å². The predicted molar refractivity (Wildman–Crippen MR) is 152 cm³/mol. The van der Waals surface area contributed by atoms with Crippen LogP contribution in [-0.2, 0) is 0 Å². The zero-order valence-corrected chi connectivity index (χ0v) is 22.3. The normalized spacial score (nSPS) is 17.6. The first-order valence-electron chi connectivity index (χ1n) is 13.2. The first-order valence-corrected chi connectivity index (χ1v) is 13.2. The largest absolute Gasteiger partial charge is 0.369 e. The first kappa shape index (κ1) is 29.6. The molecule has 0 amide bonds. The Morgan fingerprint density at radius 2 is 1.56 bits per heavy atom. The van der Waals surface area contributed by atoms with Crippen LogP contribution in [0.1, 0.15) is 71.8 Å². The highest BCUT2D eigenvalue weighted by atomic mass is 15.1. The van der Waals surface area contributed by atoms with E-state index in [9.17, 15) is 0 Å². The quantitative estimate of drug-likeness (QED) is 0.239. The number of hydrogen-bond acceptors (Lipinski definition) is 3. The number of hydrogen-bond donors (Lipinski definition) is 1. The van der Waals surface area contributed by atoms with E-state index in [4.69, 9.17) is 4.99 Å². The number of nitrogens with zero attached hydrogens (tertiary/aromatic N) is 3. The van der Waals surface area contributed by atoms with Gasteiger partial charge in [0.1, 0.15) is 5.84 Å². The highest BCUT2D eigenvalue weighted by Gasteiger charge is 2.21. The average Bonchev–Trinajstić information content (AvgIpc) is 2.90. The van der Waals surface area contributed by atoms with Crippen LogP contribution in [0, 0.1) is 5.92 Å². The lowest BCUT2D eigenvalue weighted by Gasteiger charge is -2.33. The van der Waals surface area contributed by atoms with Crippen LogP contribution < -0.4 is 5.32 Å². The molecule has 2 aromatic carbocycles. The van der Waals surface area contributed by atoms with Crippen molar-refractivity contribution < 1.29 is 0 Å². The van der Waals surface area contributed by atoms with Crippen molar-refractivity contribution in [3.8, 4) is 0 Å². The van der Waals surface area contributed by atoms with Gasteiger partial charge in [-0.1, -0.05) is 82.6 Å². The average molecular weight is 465 g/mol. The Morgan fingerprint density at radius 3 is 2.12 bits per heavy atom. The summed E-state index contributed by atoms with van der Waals surface area (Å²) in [4.78, 5) is 11.5. The third-order valence-electron chi connectivity index (χ3n) is 6.14. The molecule has 1 fully saturated rings. The molecule has 1 aliphatic rings. The molecule has 0 saturated heterocycles. The molecule has 188 valence electrons. The number of likely N-dealkylation sites (N-methyl/N-ethyl adjacent to an activating group) is 1. The Morgan fingerprint density at radius 1 is 0.971 bits per heavy atom. The predicted octanol–water partition coefficient (Wildman–Crippen LogP) is 7.38. The van der Waals surface area contributed by atoms with Crippen LogP contribution in [0.25, 0.3) is 0 Å². The molecule has 2 aromatic rings. The van der Waals surface area contributed by atoms with Gasteiger partial charge >= 0.3 is 0 Å². The number of para-hydroxylation sites is 1. The molecule has 0 aromatic heterocycles. The highest BCUT2D eigenvalue weighted by molar-refractivity contribution is 6.03. The minimum atomic E-state index is 0.732. The zero-order chi connectivity index (χ0) is 25.0. The van der Waals surface area contributed by atoms with Gasteiger partial charge in [-0.3, -0.25) is 9.98 Å². The molecule has 0 atom stereocenters. The summed E-state index contributed by atoms with van der Waals surface area (Å²) in [6.07, 6.45) is 7.65. The topological polar surface area (TPSA) is 40.0 Å². The van der Waals surface area contributed by atoms with Crippen LogP contribution in [0.15, 0.2) is 70.6 Å². The summed E-state index contributed by atoms with van der Waals surface area (Å²) < 4.78 is 0. The van der Waals surface area contributed by atoms with E-state index < -0.39 is 0 Å². The molecule has 34 heavy (non-hydrogen) atoms. The lowest BCUT2D eigenvalue weighted by Crippen LogP contribution is -2.40. The molecular formula is C30H48N4. The summed E-state index contributed by atoms with van der Waals surface area (Å²) in [5.41, 5.74) is 1.94. The van der Waals surface area contributed by atoms with Gasteiger partial charge in [0.15, 0.2) is 0 Å². The van der Waals surface area contributed by atoms with Crippen molar-refractivity contribution in [3.05, 3.63) is 66.2 Å². The third-order valence-corrected chi connectivity index (χ3v) is 6.14. The van der Waals surface area contributed by atoms with E-state index >= 15 is 0 Å². The molecule has 4 nitrogen and oxygen atoms in total. The fraction of sp³-hybridized carbons (Fsp3) is 0.533. The van der Waals surface area contributed by atoms with E-state index in [1.54, 1.807) is 0 Å². The van der Waals surface area contributed by atoms with Crippen LogP contribution in [0.2, 0.25) is 0 Å². The molecule has 4 heteroatoms. The number of nitrogens with one attached hydrogen (secondary N) is 1. The van der Waals surface area contributed by atoms with Crippen LogP contribution >= 0.6 is 0 Å². The second-order valence-electron chi connectivity index (χ2n) is 8.73. The Labute approximate surface area is 209 Å². The summed E-state index contributed by atoms with van der Waals surface area (Å²) in [5.74, 6) is 1.85. The summed E-state index contributed by atoms with van der Waals surface area (Å²) in [6.45, 7) is 15.1. The molecule has 1 aliphatic carbocycles. The van der Waals surface area contributed by atoms with Crippen LogP contribution in [0.5, 0.6) is 0 Å². The van der Waals surface area contributed by atoms with Crippen molar-refractivity contribution >= 4 is 18.2 Å². The van der Waals surface area contributed by atoms with E-state index in [0.29, 0.717) is 0 Å². The van der Waals surface area contributed by atoms with E-state index in [-0.39, 0.29) is 0 Å². The fourth-order valence-electron chi connectivity index (χ4n) is 4.00. The van der Waals surface area contributed by atoms with Gasteiger partial charge in [0.05, 0.1) is 5.69 Å². The smallest absolute Gasteiger partial charge is 0.130 e. The number of aliphatic imine (C=N–C) groups is 2. The number of rotatable bonds is 9. The lowest BCUT2D eigenvalue weighted by atomic mass is 9.87. The standard InChI is InChI=1S/C22H36N4.C6H6.C2H6/c1-5-6-15-24-22(20-9-7-8-10-21(20)23-3)25-16-17-26(4)19-13-11-18(2)12-14-19;1-2-4-6-5-3-1;1-2/h7-10,18-19H,3,5-6,11-17H2,1-2,4H3,(H,24,25);1-6H;1-2H3. The van der Waals surface area contributed by atoms with Gasteiger partial charge in [0.2, 0.25) is 0 Å². The minimum Gasteiger partial charge on any atom is -0.369 e. The SMILES string of the molecule is C=Nc1ccccc1C(=NCCCC)NCCN(C)C1CCC(C)CC1.CC.c1ccccc1. The van der Waals surface area contributed by atoms with Crippen molar-refractivity contribution in [2.45, 2.75) is 72.3 Å². The van der Waals surface area contributed by atoms with E-state index in [1.165, 1.54) is 25.7 Å². The van der Waals surface area contributed by atoms with Gasteiger partial charge in [-0.15, -0.1) is 0 Å². The van der Waals surface area contributed by atoms with Crippen molar-refractivity contribution in [3.63, 3.8) is 0 Å². The molecule has 0 aliphatic heterocycles. The monoisotopic (exact) mass is 464 g/mol. The lowest BCUT2D eigenvalue weighted by molar-refractivity contribution is 0.173. The second kappa shape index (κ2) is 18.9. The third kappa shape index (κ3) is 11.6. The van der Waals surface area contributed by atoms with Gasteiger partial charge in [0, 0.05) is 31.2 Å². The van der Waals surface area contributed by atoms with Gasteiger partial charge in [0.25, 0.3) is 0 Å². The van der Waals surface area contributed by atoms with E-state index in [2.05, 4.69) is 48.9 Å². The Bertz CT molecular complexity index is 753. The number of unbranched alkanes of at least 4 members (excludes halogenated alkanes) is 1. The maximum Gasteiger partial charge on any atom is 0.130 e. The highest BCUT2D eigenvalue weighted by Crippen LogP contribution is 2.26. The van der Waals surface area contributed by atoms with Crippen LogP contribution in [0.4, 0.5) is 5.69 Å². The van der Waals surface area contributed by atoms with Crippen LogP contribution in [0.3, 0.4) is 0 Å². The number of benzene rings is 2. The molecule has 0 unspecified atom stereocenters. The van der Waals surface area contributed by atoms with Crippen molar-refractivity contribution in [2.24, 2.45) is 15.9 Å². The Kier molecular flexibility index (Phi) is 16.4. The summed E-state index contributed by atoms with van der Waals surface area (Å²) in [5, 5.41) is 3.57. The van der Waals surface area contributed by atoms with Gasteiger partial charge in [-0.2, -0.15) is 0 Å². The molecule has 0 spiro atoms. The first-order chi connectivity index (χ1) is 16.7. The van der Waals surface area contributed by atoms with Crippen molar-refractivity contribution in [2.75, 3.05) is 26.7 Å². The van der Waals surface area contributed by atoms with Crippen LogP contribution in [-0.4, -0.2) is 50.2 Å². The maximum atomic E-state index is 4.81. The van der Waals surface area contributed by atoms with E-state index in [1.807, 2.05) is 68.4 Å². The summed E-state index contributed by atoms with van der Waals surface area (Å²) in [6, 6.07) is 20.8. The molecule has 3 rings (SSSR count). The van der Waals surface area contributed by atoms with Crippen molar-refractivity contribution in [1.29, 1.82) is 0 Å². The van der Waals surface area contributed by atoms with Gasteiger partial charge in [-0.25, -0.2) is 0 Å². The van der Waals surface area contributed by atoms with Gasteiger partial charge in [-0.05, 0) is 63.9 Å². The molecule has 0 radical (unpaired) electrons. The molecule has 1 N–H and O–H groups in total. The zero-order valence-electron chi connectivity index (χ0n) is 22.3. The second-order valence-corrected chi connectivity index (χ2v) is 8.73. The molecular weight excluding hydrogens is 416 g/mol. The molecule has 1 saturated carbocycles. The molecule has 0 bridgehead atoms. The van der Waals surface area contributed by atoms with E-state index in [0.717, 1.165) is 61.5 Å². The Hall–Kier alpha value is -2.46.